The van der Waals surface area contributed by atoms with Gasteiger partial charge in [-0.15, -0.1) is 0 Å². The predicted octanol–water partition coefficient (Wildman–Crippen LogP) is 3.61. The first-order valence-corrected chi connectivity index (χ1v) is 4.57. The standard InChI is InChI=1S/C8H3BrF5NO/c9-4-1-3(8(12,13)14)5(2-16)15-6(4)7(10)11/h1-2,7H. The Kier molecular flexibility index (Phi) is 3.61. The molecular weight excluding hydrogens is 301 g/mol. The Morgan fingerprint density at radius 2 is 1.94 bits per heavy atom. The molecule has 0 amide bonds. The molecule has 0 N–H and O–H groups in total. The monoisotopic (exact) mass is 303 g/mol. The number of halogens is 6. The summed E-state index contributed by atoms with van der Waals surface area (Å²) in [5, 5.41) is 0. The number of nitrogens with zero attached hydrogens (tertiary/aromatic N) is 1. The Morgan fingerprint density at radius 3 is 2.31 bits per heavy atom. The van der Waals surface area contributed by atoms with E-state index in [1.165, 1.54) is 0 Å². The first kappa shape index (κ1) is 13.0. The molecule has 0 aliphatic carbocycles. The van der Waals surface area contributed by atoms with Crippen LogP contribution >= 0.6 is 15.9 Å². The minimum absolute atomic E-state index is 0.207. The fourth-order valence-corrected chi connectivity index (χ4v) is 1.48. The summed E-state index contributed by atoms with van der Waals surface area (Å²) >= 11 is 2.55. The van der Waals surface area contributed by atoms with Gasteiger partial charge in [0.05, 0.1) is 5.56 Å². The highest BCUT2D eigenvalue weighted by molar-refractivity contribution is 9.10. The van der Waals surface area contributed by atoms with Crippen LogP contribution in [0.2, 0.25) is 0 Å². The van der Waals surface area contributed by atoms with E-state index < -0.39 is 34.0 Å². The van der Waals surface area contributed by atoms with Gasteiger partial charge in [0.2, 0.25) is 0 Å². The molecule has 0 spiro atoms. The van der Waals surface area contributed by atoms with Crippen molar-refractivity contribution in [2.45, 2.75) is 12.6 Å². The molecule has 0 radical (unpaired) electrons. The van der Waals surface area contributed by atoms with Crippen LogP contribution in [0.1, 0.15) is 28.2 Å². The maximum Gasteiger partial charge on any atom is 0.418 e. The molecular formula is C8H3BrF5NO. The van der Waals surface area contributed by atoms with Crippen molar-refractivity contribution in [2.24, 2.45) is 0 Å². The first-order valence-electron chi connectivity index (χ1n) is 3.78. The third kappa shape index (κ3) is 2.55. The van der Waals surface area contributed by atoms with Gasteiger partial charge in [0.1, 0.15) is 11.4 Å². The van der Waals surface area contributed by atoms with E-state index in [-0.39, 0.29) is 6.29 Å². The van der Waals surface area contributed by atoms with Crippen LogP contribution in [0.25, 0.3) is 0 Å². The average molecular weight is 304 g/mol. The molecule has 0 fully saturated rings. The molecule has 2 nitrogen and oxygen atoms in total. The van der Waals surface area contributed by atoms with Crippen LogP contribution in [0.15, 0.2) is 10.5 Å². The summed E-state index contributed by atoms with van der Waals surface area (Å²) in [7, 11) is 0. The quantitative estimate of drug-likeness (QED) is 0.617. The number of carbonyl (C=O) groups is 1. The predicted molar refractivity (Wildman–Crippen MR) is 47.3 cm³/mol. The van der Waals surface area contributed by atoms with E-state index in [4.69, 9.17) is 0 Å². The average Bonchev–Trinajstić information content (AvgIpc) is 2.15. The van der Waals surface area contributed by atoms with Gasteiger partial charge < -0.3 is 0 Å². The molecule has 1 rings (SSSR count). The Labute approximate surface area is 94.6 Å². The number of rotatable bonds is 2. The van der Waals surface area contributed by atoms with Crippen molar-refractivity contribution in [2.75, 3.05) is 0 Å². The first-order chi connectivity index (χ1) is 7.27. The van der Waals surface area contributed by atoms with Gasteiger partial charge >= 0.3 is 6.18 Å². The van der Waals surface area contributed by atoms with Crippen molar-refractivity contribution >= 4 is 22.2 Å². The Bertz CT molecular complexity index is 418. The molecule has 16 heavy (non-hydrogen) atoms. The lowest BCUT2D eigenvalue weighted by atomic mass is 10.1. The summed E-state index contributed by atoms with van der Waals surface area (Å²) in [5.41, 5.74) is -3.29. The van der Waals surface area contributed by atoms with Gasteiger partial charge in [0.15, 0.2) is 6.29 Å². The number of hydrogen-bond acceptors (Lipinski definition) is 2. The number of hydrogen-bond donors (Lipinski definition) is 0. The number of alkyl halides is 5. The lowest BCUT2D eigenvalue weighted by Crippen LogP contribution is -2.12. The minimum Gasteiger partial charge on any atom is -0.296 e. The third-order valence-electron chi connectivity index (χ3n) is 1.66. The van der Waals surface area contributed by atoms with Crippen LogP contribution in [0, 0.1) is 0 Å². The Morgan fingerprint density at radius 1 is 1.38 bits per heavy atom. The molecule has 8 heteroatoms. The van der Waals surface area contributed by atoms with Gasteiger partial charge in [-0.1, -0.05) is 0 Å². The smallest absolute Gasteiger partial charge is 0.296 e. The fraction of sp³-hybridized carbons (Fsp3) is 0.250. The van der Waals surface area contributed by atoms with E-state index >= 15 is 0 Å². The second kappa shape index (κ2) is 4.44. The summed E-state index contributed by atoms with van der Waals surface area (Å²) in [6.45, 7) is 0. The largest absolute Gasteiger partial charge is 0.418 e. The highest BCUT2D eigenvalue weighted by atomic mass is 79.9. The van der Waals surface area contributed by atoms with Gasteiger partial charge in [0, 0.05) is 4.47 Å². The zero-order valence-corrected chi connectivity index (χ0v) is 8.94. The van der Waals surface area contributed by atoms with Gasteiger partial charge in [-0.2, -0.15) is 13.2 Å². The van der Waals surface area contributed by atoms with Crippen molar-refractivity contribution in [3.63, 3.8) is 0 Å². The Hall–Kier alpha value is -1.05. The topological polar surface area (TPSA) is 30.0 Å². The molecule has 1 aromatic rings. The number of aldehydes is 1. The molecule has 0 aromatic carbocycles. The van der Waals surface area contributed by atoms with Gasteiger partial charge in [-0.05, 0) is 22.0 Å². The van der Waals surface area contributed by atoms with E-state index in [0.717, 1.165) is 0 Å². The highest BCUT2D eigenvalue weighted by Crippen LogP contribution is 2.35. The SMILES string of the molecule is O=Cc1nc(C(F)F)c(Br)cc1C(F)(F)F. The molecule has 0 aliphatic rings. The number of carbonyl (C=O) groups excluding carboxylic acids is 1. The van der Waals surface area contributed by atoms with E-state index in [1.54, 1.807) is 0 Å². The minimum atomic E-state index is -4.81. The van der Waals surface area contributed by atoms with Crippen LogP contribution in [0.5, 0.6) is 0 Å². The lowest BCUT2D eigenvalue weighted by Gasteiger charge is -2.11. The number of aromatic nitrogens is 1. The number of pyridine rings is 1. The molecule has 0 aliphatic heterocycles. The summed E-state index contributed by atoms with van der Waals surface area (Å²) in [4.78, 5) is 13.3. The summed E-state index contributed by atoms with van der Waals surface area (Å²) in [6.07, 6.45) is -8.08. The van der Waals surface area contributed by atoms with Gasteiger partial charge in [0.25, 0.3) is 6.43 Å². The van der Waals surface area contributed by atoms with Crippen molar-refractivity contribution < 1.29 is 26.7 Å². The second-order valence-corrected chi connectivity index (χ2v) is 3.56. The molecule has 1 heterocycles. The molecule has 0 bridgehead atoms. The van der Waals surface area contributed by atoms with Crippen molar-refractivity contribution in [3.8, 4) is 0 Å². The van der Waals surface area contributed by atoms with Crippen LogP contribution < -0.4 is 0 Å². The maximum atomic E-state index is 12.3. The summed E-state index contributed by atoms with van der Waals surface area (Å²) in [5.74, 6) is 0. The lowest BCUT2D eigenvalue weighted by molar-refractivity contribution is -0.138. The normalized spacial score (nSPS) is 11.9. The van der Waals surface area contributed by atoms with Crippen molar-refractivity contribution in [3.05, 3.63) is 27.5 Å². The molecule has 88 valence electrons. The van der Waals surface area contributed by atoms with Crippen LogP contribution in [-0.4, -0.2) is 11.3 Å². The maximum absolute atomic E-state index is 12.3. The molecule has 0 saturated carbocycles. The second-order valence-electron chi connectivity index (χ2n) is 2.70. The van der Waals surface area contributed by atoms with Gasteiger partial charge in [-0.25, -0.2) is 13.8 Å². The Balaban J connectivity index is 3.44. The fourth-order valence-electron chi connectivity index (χ4n) is 0.988. The van der Waals surface area contributed by atoms with Crippen molar-refractivity contribution in [1.29, 1.82) is 0 Å². The van der Waals surface area contributed by atoms with Crippen LogP contribution in [0.4, 0.5) is 22.0 Å². The van der Waals surface area contributed by atoms with Gasteiger partial charge in [-0.3, -0.25) is 4.79 Å². The summed E-state index contributed by atoms with van der Waals surface area (Å²) in [6, 6.07) is 0.415. The molecule has 0 unspecified atom stereocenters. The van der Waals surface area contributed by atoms with Crippen LogP contribution in [-0.2, 0) is 6.18 Å². The zero-order valence-electron chi connectivity index (χ0n) is 7.36. The van der Waals surface area contributed by atoms with E-state index in [2.05, 4.69) is 20.9 Å². The summed E-state index contributed by atoms with van der Waals surface area (Å²) < 4.78 is 61.1. The molecule has 1 aromatic heterocycles. The highest BCUT2D eigenvalue weighted by Gasteiger charge is 2.35. The third-order valence-corrected chi connectivity index (χ3v) is 2.29. The van der Waals surface area contributed by atoms with E-state index in [9.17, 15) is 26.7 Å². The molecule has 0 atom stereocenters. The van der Waals surface area contributed by atoms with Crippen LogP contribution in [0.3, 0.4) is 0 Å². The molecule has 0 saturated heterocycles. The van der Waals surface area contributed by atoms with Crippen molar-refractivity contribution in [1.82, 2.24) is 4.98 Å². The van der Waals surface area contributed by atoms with E-state index in [1.807, 2.05) is 0 Å². The van der Waals surface area contributed by atoms with E-state index in [0.29, 0.717) is 6.07 Å². The zero-order chi connectivity index (χ0) is 12.5.